The molecule has 2 heterocycles. The van der Waals surface area contributed by atoms with Crippen molar-refractivity contribution >= 4 is 24.1 Å². The van der Waals surface area contributed by atoms with Gasteiger partial charge >= 0.3 is 24.1 Å². The van der Waals surface area contributed by atoms with E-state index in [4.69, 9.17) is 18.9 Å². The van der Waals surface area contributed by atoms with Gasteiger partial charge in [-0.3, -0.25) is 9.59 Å². The standard InChI is InChI=1S/C33H52N2O8/c1-32(2,3)42-30(38)34-17-9-7-11-24(34)15-19-40-28(36)26-22-13-14-23(21-22)27(26)29(37)41-20-16-25-12-8-10-18-35(25)31(39)43-33(4,5)6/h13-14,22-27H,7-12,15-21H2,1-6H3. The van der Waals surface area contributed by atoms with Crippen molar-refractivity contribution in [1.29, 1.82) is 0 Å². The first-order valence-electron chi connectivity index (χ1n) is 16.2. The molecular formula is C33H52N2O8. The summed E-state index contributed by atoms with van der Waals surface area (Å²) in [7, 11) is 0. The molecule has 2 saturated heterocycles. The van der Waals surface area contributed by atoms with E-state index in [2.05, 4.69) is 0 Å². The van der Waals surface area contributed by atoms with E-state index < -0.39 is 23.0 Å². The molecule has 2 aliphatic carbocycles. The smallest absolute Gasteiger partial charge is 0.410 e. The van der Waals surface area contributed by atoms with Crippen LogP contribution in [-0.2, 0) is 28.5 Å². The summed E-state index contributed by atoms with van der Waals surface area (Å²) in [6, 6.07) is -0.0887. The van der Waals surface area contributed by atoms with Gasteiger partial charge in [0.1, 0.15) is 11.2 Å². The average molecular weight is 605 g/mol. The molecule has 6 unspecified atom stereocenters. The number of ether oxygens (including phenoxy) is 4. The van der Waals surface area contributed by atoms with Crippen LogP contribution in [0.4, 0.5) is 9.59 Å². The maximum atomic E-state index is 13.3. The molecule has 0 spiro atoms. The van der Waals surface area contributed by atoms with Crippen LogP contribution in [-0.4, -0.2) is 83.5 Å². The molecule has 10 nitrogen and oxygen atoms in total. The first-order chi connectivity index (χ1) is 20.2. The van der Waals surface area contributed by atoms with Crippen molar-refractivity contribution in [1.82, 2.24) is 9.80 Å². The Hall–Kier alpha value is -2.78. The van der Waals surface area contributed by atoms with Crippen molar-refractivity contribution < 1.29 is 38.1 Å². The molecule has 242 valence electrons. The highest BCUT2D eigenvalue weighted by Gasteiger charge is 2.53. The fourth-order valence-corrected chi connectivity index (χ4v) is 6.97. The molecule has 0 aromatic heterocycles. The summed E-state index contributed by atoms with van der Waals surface area (Å²) in [5, 5.41) is 0. The minimum absolute atomic E-state index is 0.0380. The molecule has 4 rings (SSSR count). The van der Waals surface area contributed by atoms with Crippen molar-refractivity contribution in [3.05, 3.63) is 12.2 Å². The van der Waals surface area contributed by atoms with E-state index in [1.54, 1.807) is 9.80 Å². The maximum absolute atomic E-state index is 13.3. The van der Waals surface area contributed by atoms with Crippen molar-refractivity contribution in [3.8, 4) is 0 Å². The number of rotatable bonds is 8. The summed E-state index contributed by atoms with van der Waals surface area (Å²) < 4.78 is 22.7. The van der Waals surface area contributed by atoms with E-state index in [-0.39, 0.29) is 61.3 Å². The third-order valence-electron chi connectivity index (χ3n) is 8.90. The highest BCUT2D eigenvalue weighted by atomic mass is 16.6. The monoisotopic (exact) mass is 604 g/mol. The zero-order valence-electron chi connectivity index (χ0n) is 27.0. The molecule has 43 heavy (non-hydrogen) atoms. The number of likely N-dealkylation sites (tertiary alicyclic amines) is 2. The number of piperidine rings is 2. The molecule has 1 saturated carbocycles. The molecule has 6 atom stereocenters. The Bertz CT molecular complexity index is 964. The molecular weight excluding hydrogens is 552 g/mol. The second-order valence-electron chi connectivity index (χ2n) is 14.6. The first kappa shape index (κ1) is 33.1. The summed E-state index contributed by atoms with van der Waals surface area (Å²) in [5.41, 5.74) is -1.14. The van der Waals surface area contributed by atoms with Gasteiger partial charge in [0, 0.05) is 38.0 Å². The fraction of sp³-hybridized carbons (Fsp3) is 0.818. The van der Waals surface area contributed by atoms with E-state index in [1.807, 2.05) is 53.7 Å². The number of hydrogen-bond donors (Lipinski definition) is 0. The van der Waals surface area contributed by atoms with Crippen LogP contribution in [0.25, 0.3) is 0 Å². The van der Waals surface area contributed by atoms with Crippen LogP contribution in [0, 0.1) is 23.7 Å². The van der Waals surface area contributed by atoms with Gasteiger partial charge in [-0.1, -0.05) is 12.2 Å². The fourth-order valence-electron chi connectivity index (χ4n) is 6.97. The molecule has 2 bridgehead atoms. The third kappa shape index (κ3) is 8.88. The summed E-state index contributed by atoms with van der Waals surface area (Å²) in [4.78, 5) is 55.6. The lowest BCUT2D eigenvalue weighted by atomic mass is 9.83. The largest absolute Gasteiger partial charge is 0.465 e. The quantitative estimate of drug-likeness (QED) is 0.192. The highest BCUT2D eigenvalue weighted by Crippen LogP contribution is 2.49. The molecule has 4 aliphatic rings. The number of carbonyl (C=O) groups is 4. The Morgan fingerprint density at radius 3 is 1.42 bits per heavy atom. The predicted molar refractivity (Wildman–Crippen MR) is 160 cm³/mol. The van der Waals surface area contributed by atoms with Gasteiger partial charge in [-0.05, 0) is 98.3 Å². The normalized spacial score (nSPS) is 28.9. The van der Waals surface area contributed by atoms with E-state index in [9.17, 15) is 19.2 Å². The first-order valence-corrected chi connectivity index (χ1v) is 16.2. The SMILES string of the molecule is CC(C)(C)OC(=O)N1CCCCC1CCOC(=O)C1C2C=CC(C2)C1C(=O)OCCC1CCCCN1C(=O)OC(C)(C)C. The predicted octanol–water partition coefficient (Wildman–Crippen LogP) is 5.87. The molecule has 0 aromatic rings. The minimum atomic E-state index is -0.571. The van der Waals surface area contributed by atoms with Crippen LogP contribution < -0.4 is 0 Å². The molecule has 0 aromatic carbocycles. The maximum Gasteiger partial charge on any atom is 0.410 e. The number of nitrogens with zero attached hydrogens (tertiary/aromatic N) is 2. The van der Waals surface area contributed by atoms with Gasteiger partial charge in [-0.2, -0.15) is 0 Å². The van der Waals surface area contributed by atoms with Gasteiger partial charge in [0.15, 0.2) is 0 Å². The second-order valence-corrected chi connectivity index (χ2v) is 14.6. The molecule has 2 amide bonds. The van der Waals surface area contributed by atoms with E-state index in [0.717, 1.165) is 44.9 Å². The lowest BCUT2D eigenvalue weighted by molar-refractivity contribution is -0.162. The summed E-state index contributed by atoms with van der Waals surface area (Å²) >= 11 is 0. The molecule has 10 heteroatoms. The number of fused-ring (bicyclic) bond motifs is 2. The van der Waals surface area contributed by atoms with Crippen molar-refractivity contribution in [3.63, 3.8) is 0 Å². The van der Waals surface area contributed by atoms with Crippen molar-refractivity contribution in [2.75, 3.05) is 26.3 Å². The third-order valence-corrected chi connectivity index (χ3v) is 8.90. The van der Waals surface area contributed by atoms with Crippen LogP contribution in [0.3, 0.4) is 0 Å². The van der Waals surface area contributed by atoms with Gasteiger partial charge < -0.3 is 28.7 Å². The number of esters is 2. The Kier molecular flexibility index (Phi) is 10.7. The summed E-state index contributed by atoms with van der Waals surface area (Å²) in [5.74, 6) is -1.95. The Balaban J connectivity index is 1.28. The lowest BCUT2D eigenvalue weighted by Gasteiger charge is -2.37. The lowest BCUT2D eigenvalue weighted by Crippen LogP contribution is -2.46. The van der Waals surface area contributed by atoms with Crippen LogP contribution in [0.1, 0.15) is 99.3 Å². The summed E-state index contributed by atoms with van der Waals surface area (Å²) in [6.45, 7) is 12.8. The molecule has 2 aliphatic heterocycles. The van der Waals surface area contributed by atoms with E-state index in [0.29, 0.717) is 25.9 Å². The Morgan fingerprint density at radius 2 is 1.05 bits per heavy atom. The van der Waals surface area contributed by atoms with Crippen LogP contribution in [0.2, 0.25) is 0 Å². The molecule has 0 N–H and O–H groups in total. The van der Waals surface area contributed by atoms with Gasteiger partial charge in [0.05, 0.1) is 25.0 Å². The van der Waals surface area contributed by atoms with Gasteiger partial charge in [-0.25, -0.2) is 9.59 Å². The number of carbonyl (C=O) groups excluding carboxylic acids is 4. The van der Waals surface area contributed by atoms with Gasteiger partial charge in [0.2, 0.25) is 0 Å². The second kappa shape index (κ2) is 13.9. The zero-order chi connectivity index (χ0) is 31.4. The number of amides is 2. The number of hydrogen-bond acceptors (Lipinski definition) is 8. The number of allylic oxidation sites excluding steroid dienone is 2. The average Bonchev–Trinajstić information content (AvgIpc) is 3.54. The van der Waals surface area contributed by atoms with Gasteiger partial charge in [0.25, 0.3) is 0 Å². The van der Waals surface area contributed by atoms with Crippen molar-refractivity contribution in [2.45, 2.75) is 123 Å². The van der Waals surface area contributed by atoms with Crippen molar-refractivity contribution in [2.24, 2.45) is 23.7 Å². The van der Waals surface area contributed by atoms with Crippen LogP contribution >= 0.6 is 0 Å². The summed E-state index contributed by atoms with van der Waals surface area (Å²) in [6.07, 6.45) is 10.8. The van der Waals surface area contributed by atoms with Crippen LogP contribution in [0.15, 0.2) is 12.2 Å². The molecule has 3 fully saturated rings. The van der Waals surface area contributed by atoms with Crippen LogP contribution in [0.5, 0.6) is 0 Å². The molecule has 0 radical (unpaired) electrons. The highest BCUT2D eigenvalue weighted by molar-refractivity contribution is 5.84. The Morgan fingerprint density at radius 1 is 0.651 bits per heavy atom. The zero-order valence-corrected chi connectivity index (χ0v) is 27.0. The topological polar surface area (TPSA) is 112 Å². The van der Waals surface area contributed by atoms with E-state index >= 15 is 0 Å². The Labute approximate surface area is 256 Å². The van der Waals surface area contributed by atoms with Gasteiger partial charge in [-0.15, -0.1) is 0 Å². The minimum Gasteiger partial charge on any atom is -0.465 e. The van der Waals surface area contributed by atoms with E-state index in [1.165, 1.54) is 0 Å².